The Kier molecular flexibility index (Phi) is 6.30. The Morgan fingerprint density at radius 2 is 1.95 bits per heavy atom. The lowest BCUT2D eigenvalue weighted by Crippen LogP contribution is -2.43. The highest BCUT2D eigenvalue weighted by Gasteiger charge is 2.24. The second-order valence-electron chi connectivity index (χ2n) is 5.39. The molecule has 1 aliphatic carbocycles. The van der Waals surface area contributed by atoms with Crippen LogP contribution in [0.2, 0.25) is 0 Å². The van der Waals surface area contributed by atoms with Gasteiger partial charge >= 0.3 is 0 Å². The van der Waals surface area contributed by atoms with E-state index >= 15 is 0 Å². The van der Waals surface area contributed by atoms with Gasteiger partial charge in [0.1, 0.15) is 12.4 Å². The second kappa shape index (κ2) is 8.25. The smallest absolute Gasteiger partial charge is 0.119 e. The fraction of sp³-hybridized carbons (Fsp3) is 0.625. The van der Waals surface area contributed by atoms with Crippen LogP contribution in [-0.4, -0.2) is 42.4 Å². The molecule has 0 aromatic heterocycles. The SMILES string of the molecule is NCc1ccc(OCCN(CCCO)C2CCC2)cc1. The van der Waals surface area contributed by atoms with Crippen molar-refractivity contribution in [2.24, 2.45) is 5.73 Å². The summed E-state index contributed by atoms with van der Waals surface area (Å²) in [6.45, 7) is 3.44. The quantitative estimate of drug-likeness (QED) is 0.722. The summed E-state index contributed by atoms with van der Waals surface area (Å²) >= 11 is 0. The average molecular weight is 278 g/mol. The summed E-state index contributed by atoms with van der Waals surface area (Å²) in [4.78, 5) is 2.45. The molecule has 3 N–H and O–H groups in total. The van der Waals surface area contributed by atoms with Crippen molar-refractivity contribution in [2.75, 3.05) is 26.3 Å². The van der Waals surface area contributed by atoms with Gasteiger partial charge in [0.15, 0.2) is 0 Å². The van der Waals surface area contributed by atoms with Gasteiger partial charge in [0.25, 0.3) is 0 Å². The van der Waals surface area contributed by atoms with Crippen molar-refractivity contribution < 1.29 is 9.84 Å². The predicted molar refractivity (Wildman–Crippen MR) is 80.7 cm³/mol. The topological polar surface area (TPSA) is 58.7 Å². The van der Waals surface area contributed by atoms with Crippen LogP contribution in [0.3, 0.4) is 0 Å². The van der Waals surface area contributed by atoms with Crippen molar-refractivity contribution in [3.8, 4) is 5.75 Å². The Morgan fingerprint density at radius 1 is 1.20 bits per heavy atom. The van der Waals surface area contributed by atoms with Crippen LogP contribution < -0.4 is 10.5 Å². The van der Waals surface area contributed by atoms with Crippen molar-refractivity contribution in [3.63, 3.8) is 0 Å². The number of rotatable bonds is 9. The van der Waals surface area contributed by atoms with Crippen molar-refractivity contribution in [1.82, 2.24) is 4.90 Å². The molecule has 4 nitrogen and oxygen atoms in total. The van der Waals surface area contributed by atoms with Gasteiger partial charge in [-0.25, -0.2) is 0 Å². The molecule has 0 heterocycles. The van der Waals surface area contributed by atoms with E-state index in [1.165, 1.54) is 19.3 Å². The maximum Gasteiger partial charge on any atom is 0.119 e. The molecule has 2 rings (SSSR count). The third-order valence-electron chi connectivity index (χ3n) is 4.00. The third kappa shape index (κ3) is 4.47. The Bertz CT molecular complexity index is 377. The number of hydrogen-bond donors (Lipinski definition) is 2. The lowest BCUT2D eigenvalue weighted by Gasteiger charge is -2.37. The lowest BCUT2D eigenvalue weighted by molar-refractivity contribution is 0.0984. The largest absolute Gasteiger partial charge is 0.492 e. The van der Waals surface area contributed by atoms with Gasteiger partial charge in [-0.2, -0.15) is 0 Å². The fourth-order valence-electron chi connectivity index (χ4n) is 2.51. The number of nitrogens with zero attached hydrogens (tertiary/aromatic N) is 1. The lowest BCUT2D eigenvalue weighted by atomic mass is 9.91. The zero-order valence-electron chi connectivity index (χ0n) is 12.1. The van der Waals surface area contributed by atoms with Crippen LogP contribution in [0, 0.1) is 0 Å². The summed E-state index contributed by atoms with van der Waals surface area (Å²) in [7, 11) is 0. The minimum Gasteiger partial charge on any atom is -0.492 e. The Balaban J connectivity index is 1.73. The highest BCUT2D eigenvalue weighted by molar-refractivity contribution is 5.27. The maximum atomic E-state index is 8.97. The van der Waals surface area contributed by atoms with Crippen LogP contribution in [0.15, 0.2) is 24.3 Å². The third-order valence-corrected chi connectivity index (χ3v) is 4.00. The molecular formula is C16H26N2O2. The summed E-state index contributed by atoms with van der Waals surface area (Å²) in [6, 6.07) is 8.66. The maximum absolute atomic E-state index is 8.97. The molecule has 1 saturated carbocycles. The number of hydrogen-bond acceptors (Lipinski definition) is 4. The van der Waals surface area contributed by atoms with E-state index in [0.29, 0.717) is 19.2 Å². The molecule has 1 fully saturated rings. The first-order chi connectivity index (χ1) is 9.83. The number of benzene rings is 1. The van der Waals surface area contributed by atoms with Gasteiger partial charge in [0, 0.05) is 32.3 Å². The normalized spacial score (nSPS) is 15.3. The van der Waals surface area contributed by atoms with Gasteiger partial charge in [-0.3, -0.25) is 4.90 Å². The fourth-order valence-corrected chi connectivity index (χ4v) is 2.51. The molecule has 20 heavy (non-hydrogen) atoms. The summed E-state index contributed by atoms with van der Waals surface area (Å²) in [5.41, 5.74) is 6.70. The Labute approximate surface area is 121 Å². The first-order valence-corrected chi connectivity index (χ1v) is 7.60. The van der Waals surface area contributed by atoms with Gasteiger partial charge in [0.2, 0.25) is 0 Å². The Morgan fingerprint density at radius 3 is 2.50 bits per heavy atom. The minimum absolute atomic E-state index is 0.268. The molecule has 0 spiro atoms. The molecule has 1 aromatic carbocycles. The van der Waals surface area contributed by atoms with Crippen LogP contribution >= 0.6 is 0 Å². The van der Waals surface area contributed by atoms with Crippen molar-refractivity contribution in [3.05, 3.63) is 29.8 Å². The summed E-state index contributed by atoms with van der Waals surface area (Å²) in [6.07, 6.45) is 4.76. The highest BCUT2D eigenvalue weighted by Crippen LogP contribution is 2.24. The highest BCUT2D eigenvalue weighted by atomic mass is 16.5. The molecule has 0 aliphatic heterocycles. The molecule has 1 aliphatic rings. The molecule has 112 valence electrons. The molecule has 1 aromatic rings. The van der Waals surface area contributed by atoms with E-state index in [1.54, 1.807) is 0 Å². The van der Waals surface area contributed by atoms with E-state index in [4.69, 9.17) is 15.6 Å². The summed E-state index contributed by atoms with van der Waals surface area (Å²) < 4.78 is 5.79. The summed E-state index contributed by atoms with van der Waals surface area (Å²) in [5.74, 6) is 0.901. The van der Waals surface area contributed by atoms with Crippen LogP contribution in [0.5, 0.6) is 5.75 Å². The van der Waals surface area contributed by atoms with E-state index in [2.05, 4.69) is 4.90 Å². The standard InChI is InChI=1S/C16H26N2O2/c17-13-14-5-7-16(8-6-14)20-12-10-18(9-2-11-19)15-3-1-4-15/h5-8,15,19H,1-4,9-13,17H2. The number of aliphatic hydroxyl groups excluding tert-OH is 1. The van der Waals surface area contributed by atoms with E-state index in [1.807, 2.05) is 24.3 Å². The van der Waals surface area contributed by atoms with Crippen LogP contribution in [-0.2, 0) is 6.54 Å². The zero-order chi connectivity index (χ0) is 14.2. The van der Waals surface area contributed by atoms with Gasteiger partial charge in [-0.1, -0.05) is 18.6 Å². The van der Waals surface area contributed by atoms with Gasteiger partial charge in [-0.15, -0.1) is 0 Å². The summed E-state index contributed by atoms with van der Waals surface area (Å²) in [5, 5.41) is 8.97. The number of ether oxygens (including phenoxy) is 1. The molecule has 0 amide bonds. The molecule has 0 saturated heterocycles. The van der Waals surface area contributed by atoms with Gasteiger partial charge < -0.3 is 15.6 Å². The second-order valence-corrected chi connectivity index (χ2v) is 5.39. The molecule has 0 radical (unpaired) electrons. The monoisotopic (exact) mass is 278 g/mol. The molecular weight excluding hydrogens is 252 g/mol. The van der Waals surface area contributed by atoms with Crippen LogP contribution in [0.25, 0.3) is 0 Å². The Hall–Kier alpha value is -1.10. The molecule has 0 bridgehead atoms. The predicted octanol–water partition coefficient (Wildman–Crippen LogP) is 1.76. The molecule has 0 unspecified atom stereocenters. The average Bonchev–Trinajstić information content (AvgIpc) is 2.43. The van der Waals surface area contributed by atoms with E-state index < -0.39 is 0 Å². The van der Waals surface area contributed by atoms with E-state index in [0.717, 1.165) is 30.8 Å². The first kappa shape index (κ1) is 15.3. The zero-order valence-corrected chi connectivity index (χ0v) is 12.1. The van der Waals surface area contributed by atoms with Crippen molar-refractivity contribution in [1.29, 1.82) is 0 Å². The van der Waals surface area contributed by atoms with Gasteiger partial charge in [0.05, 0.1) is 0 Å². The molecule has 0 atom stereocenters. The number of aliphatic hydroxyl groups is 1. The van der Waals surface area contributed by atoms with Gasteiger partial charge in [-0.05, 0) is 37.0 Å². The first-order valence-electron chi connectivity index (χ1n) is 7.60. The van der Waals surface area contributed by atoms with Crippen LogP contribution in [0.1, 0.15) is 31.2 Å². The van der Waals surface area contributed by atoms with E-state index in [9.17, 15) is 0 Å². The molecule has 4 heteroatoms. The van der Waals surface area contributed by atoms with Crippen molar-refractivity contribution >= 4 is 0 Å². The number of nitrogens with two attached hydrogens (primary N) is 1. The van der Waals surface area contributed by atoms with E-state index in [-0.39, 0.29) is 6.61 Å². The van der Waals surface area contributed by atoms with Crippen molar-refractivity contribution in [2.45, 2.75) is 38.3 Å². The van der Waals surface area contributed by atoms with Crippen LogP contribution in [0.4, 0.5) is 0 Å². The minimum atomic E-state index is 0.268.